The molecule has 1 aromatic carbocycles. The van der Waals surface area contributed by atoms with Gasteiger partial charge in [0.05, 0.1) is 13.7 Å². The van der Waals surface area contributed by atoms with E-state index >= 15 is 0 Å². The lowest BCUT2D eigenvalue weighted by Gasteiger charge is -2.09. The van der Waals surface area contributed by atoms with Gasteiger partial charge in [-0.3, -0.25) is 0 Å². The molecule has 0 heterocycles. The fourth-order valence-electron chi connectivity index (χ4n) is 1.25. The predicted octanol–water partition coefficient (Wildman–Crippen LogP) is 2.28. The largest absolute Gasteiger partial charge is 0.380 e. The first kappa shape index (κ1) is 12.4. The minimum atomic E-state index is -0.314. The van der Waals surface area contributed by atoms with Crippen LogP contribution in [-0.2, 0) is 22.7 Å². The maximum absolute atomic E-state index is 13.7. The maximum Gasteiger partial charge on any atom is 0.133 e. The second-order valence-corrected chi connectivity index (χ2v) is 3.43. The molecule has 0 spiro atoms. The van der Waals surface area contributed by atoms with Crippen LogP contribution in [0.15, 0.2) is 12.1 Å². The van der Waals surface area contributed by atoms with Crippen LogP contribution in [0, 0.1) is 5.82 Å². The van der Waals surface area contributed by atoms with Gasteiger partial charge in [0.1, 0.15) is 5.82 Å². The number of hydrogen-bond donors (Lipinski definition) is 1. The molecule has 0 aliphatic heterocycles. The van der Waals surface area contributed by atoms with E-state index in [4.69, 9.17) is 16.3 Å². The molecule has 0 saturated carbocycles. The molecule has 0 fully saturated rings. The Labute approximate surface area is 93.1 Å². The number of benzene rings is 1. The summed E-state index contributed by atoms with van der Waals surface area (Å²) in [5.41, 5.74) is 3.46. The zero-order valence-corrected chi connectivity index (χ0v) is 9.40. The number of hydroxylamine groups is 1. The molecule has 3 nitrogen and oxygen atoms in total. The van der Waals surface area contributed by atoms with E-state index in [1.807, 2.05) is 0 Å². The molecule has 1 rings (SSSR count). The van der Waals surface area contributed by atoms with Crippen molar-refractivity contribution in [1.29, 1.82) is 0 Å². The molecule has 0 saturated heterocycles. The molecule has 0 aromatic heterocycles. The van der Waals surface area contributed by atoms with E-state index in [1.54, 1.807) is 12.1 Å². The molecule has 5 heteroatoms. The molecule has 84 valence electrons. The molecular formula is C10H13ClFNO2. The SMILES string of the molecule is COCc1cc(Cl)cc(CNOC)c1F. The number of methoxy groups -OCH3 is 1. The predicted molar refractivity (Wildman–Crippen MR) is 56.0 cm³/mol. The van der Waals surface area contributed by atoms with Crippen LogP contribution in [0.25, 0.3) is 0 Å². The summed E-state index contributed by atoms with van der Waals surface area (Å²) >= 11 is 5.85. The Kier molecular flexibility index (Phi) is 4.98. The number of ether oxygens (including phenoxy) is 1. The highest BCUT2D eigenvalue weighted by Gasteiger charge is 2.09. The van der Waals surface area contributed by atoms with Gasteiger partial charge >= 0.3 is 0 Å². The smallest absolute Gasteiger partial charge is 0.133 e. The third kappa shape index (κ3) is 3.43. The summed E-state index contributed by atoms with van der Waals surface area (Å²) in [6, 6.07) is 3.11. The van der Waals surface area contributed by atoms with Crippen molar-refractivity contribution in [3.63, 3.8) is 0 Å². The van der Waals surface area contributed by atoms with Crippen LogP contribution in [0.5, 0.6) is 0 Å². The van der Waals surface area contributed by atoms with Crippen LogP contribution in [-0.4, -0.2) is 14.2 Å². The van der Waals surface area contributed by atoms with E-state index in [-0.39, 0.29) is 19.0 Å². The number of nitrogens with one attached hydrogen (secondary N) is 1. The first-order valence-electron chi connectivity index (χ1n) is 4.40. The monoisotopic (exact) mass is 233 g/mol. The summed E-state index contributed by atoms with van der Waals surface area (Å²) < 4.78 is 18.6. The van der Waals surface area contributed by atoms with E-state index in [1.165, 1.54) is 14.2 Å². The van der Waals surface area contributed by atoms with Gasteiger partial charge in [0.25, 0.3) is 0 Å². The van der Waals surface area contributed by atoms with Crippen LogP contribution in [0.1, 0.15) is 11.1 Å². The molecule has 0 unspecified atom stereocenters. The van der Waals surface area contributed by atoms with Crippen LogP contribution >= 0.6 is 11.6 Å². The molecule has 0 aliphatic rings. The van der Waals surface area contributed by atoms with E-state index < -0.39 is 0 Å². The topological polar surface area (TPSA) is 30.5 Å². The van der Waals surface area contributed by atoms with Gasteiger partial charge in [-0.25, -0.2) is 4.39 Å². The lowest BCUT2D eigenvalue weighted by molar-refractivity contribution is 0.0857. The van der Waals surface area contributed by atoms with E-state index in [9.17, 15) is 4.39 Å². The number of rotatable bonds is 5. The normalized spacial score (nSPS) is 10.7. The summed E-state index contributed by atoms with van der Waals surface area (Å²) in [4.78, 5) is 4.65. The molecule has 0 radical (unpaired) electrons. The Morgan fingerprint density at radius 3 is 2.60 bits per heavy atom. The standard InChI is InChI=1S/C10H13ClFNO2/c1-14-6-8-4-9(11)3-7(10(8)12)5-13-15-2/h3-4,13H,5-6H2,1-2H3. The van der Waals surface area contributed by atoms with Gasteiger partial charge in [-0.15, -0.1) is 0 Å². The summed E-state index contributed by atoms with van der Waals surface area (Å²) in [6.07, 6.45) is 0. The highest BCUT2D eigenvalue weighted by atomic mass is 35.5. The van der Waals surface area contributed by atoms with E-state index in [0.29, 0.717) is 16.1 Å². The maximum atomic E-state index is 13.7. The molecule has 15 heavy (non-hydrogen) atoms. The quantitative estimate of drug-likeness (QED) is 0.792. The lowest BCUT2D eigenvalue weighted by Crippen LogP contribution is -2.13. The highest BCUT2D eigenvalue weighted by Crippen LogP contribution is 2.20. The summed E-state index contributed by atoms with van der Waals surface area (Å²) in [7, 11) is 2.98. The van der Waals surface area contributed by atoms with Gasteiger partial charge in [0.15, 0.2) is 0 Å². The second-order valence-electron chi connectivity index (χ2n) is 3.00. The van der Waals surface area contributed by atoms with Crippen LogP contribution in [0.3, 0.4) is 0 Å². The second kappa shape index (κ2) is 6.02. The van der Waals surface area contributed by atoms with Crippen LogP contribution in [0.2, 0.25) is 5.02 Å². The van der Waals surface area contributed by atoms with Gasteiger partial charge < -0.3 is 9.57 Å². The van der Waals surface area contributed by atoms with Crippen molar-refractivity contribution < 1.29 is 14.0 Å². The molecule has 1 N–H and O–H groups in total. The fraction of sp³-hybridized carbons (Fsp3) is 0.400. The van der Waals surface area contributed by atoms with Crippen molar-refractivity contribution in [2.45, 2.75) is 13.2 Å². The number of halogens is 2. The van der Waals surface area contributed by atoms with Crippen LogP contribution in [0.4, 0.5) is 4.39 Å². The first-order chi connectivity index (χ1) is 7.19. The fourth-order valence-corrected chi connectivity index (χ4v) is 1.51. The molecule has 0 amide bonds. The Morgan fingerprint density at radius 2 is 2.00 bits per heavy atom. The molecule has 0 aliphatic carbocycles. The van der Waals surface area contributed by atoms with E-state index in [0.717, 1.165) is 0 Å². The summed E-state index contributed by atoms with van der Waals surface area (Å²) in [5.74, 6) is -0.314. The van der Waals surface area contributed by atoms with Crippen molar-refractivity contribution in [3.05, 3.63) is 34.1 Å². The average molecular weight is 234 g/mol. The van der Waals surface area contributed by atoms with Gasteiger partial charge in [-0.2, -0.15) is 5.48 Å². The lowest BCUT2D eigenvalue weighted by atomic mass is 10.1. The zero-order chi connectivity index (χ0) is 11.3. The zero-order valence-electron chi connectivity index (χ0n) is 8.64. The van der Waals surface area contributed by atoms with Gasteiger partial charge in [-0.05, 0) is 12.1 Å². The van der Waals surface area contributed by atoms with Crippen molar-refractivity contribution in [1.82, 2.24) is 5.48 Å². The van der Waals surface area contributed by atoms with Gasteiger partial charge in [0, 0.05) is 29.8 Å². The summed E-state index contributed by atoms with van der Waals surface area (Å²) in [6.45, 7) is 0.464. The van der Waals surface area contributed by atoms with Crippen molar-refractivity contribution in [3.8, 4) is 0 Å². The van der Waals surface area contributed by atoms with Crippen LogP contribution < -0.4 is 5.48 Å². The Morgan fingerprint density at radius 1 is 1.33 bits per heavy atom. The summed E-state index contributed by atoms with van der Waals surface area (Å²) in [5, 5.41) is 0.483. The van der Waals surface area contributed by atoms with Gasteiger partial charge in [-0.1, -0.05) is 11.6 Å². The van der Waals surface area contributed by atoms with Crippen molar-refractivity contribution >= 4 is 11.6 Å². The Hall–Kier alpha value is -0.680. The Balaban J connectivity index is 2.93. The van der Waals surface area contributed by atoms with E-state index in [2.05, 4.69) is 10.3 Å². The number of hydrogen-bond acceptors (Lipinski definition) is 3. The molecule has 1 aromatic rings. The third-order valence-electron chi connectivity index (χ3n) is 1.89. The van der Waals surface area contributed by atoms with Crippen molar-refractivity contribution in [2.24, 2.45) is 0 Å². The molecule has 0 bridgehead atoms. The first-order valence-corrected chi connectivity index (χ1v) is 4.78. The average Bonchev–Trinajstić information content (AvgIpc) is 2.21. The minimum Gasteiger partial charge on any atom is -0.380 e. The molecular weight excluding hydrogens is 221 g/mol. The highest BCUT2D eigenvalue weighted by molar-refractivity contribution is 6.30. The Bertz CT molecular complexity index is 333. The van der Waals surface area contributed by atoms with Crippen molar-refractivity contribution in [2.75, 3.05) is 14.2 Å². The molecule has 0 atom stereocenters. The van der Waals surface area contributed by atoms with Gasteiger partial charge in [0.2, 0.25) is 0 Å². The minimum absolute atomic E-state index is 0.201. The third-order valence-corrected chi connectivity index (χ3v) is 2.11.